The van der Waals surface area contributed by atoms with E-state index in [-0.39, 0.29) is 18.6 Å². The summed E-state index contributed by atoms with van der Waals surface area (Å²) >= 11 is 0. The lowest BCUT2D eigenvalue weighted by Crippen LogP contribution is -2.30. The second kappa shape index (κ2) is 9.02. The van der Waals surface area contributed by atoms with Crippen molar-refractivity contribution in [1.29, 1.82) is 5.26 Å². The molecule has 1 aliphatic rings. The number of H-pyrrole nitrogens is 1. The van der Waals surface area contributed by atoms with Gasteiger partial charge in [-0.3, -0.25) is 4.79 Å². The topological polar surface area (TPSA) is 107 Å². The molecule has 1 amide bonds. The first-order valence-corrected chi connectivity index (χ1v) is 9.80. The van der Waals surface area contributed by atoms with E-state index in [0.717, 1.165) is 11.8 Å². The van der Waals surface area contributed by atoms with Crippen LogP contribution in [0.3, 0.4) is 0 Å². The van der Waals surface area contributed by atoms with E-state index in [1.165, 1.54) is 12.4 Å². The van der Waals surface area contributed by atoms with Gasteiger partial charge in [0.15, 0.2) is 0 Å². The maximum atomic E-state index is 11.8. The normalized spacial score (nSPS) is 15.1. The Hall–Kier alpha value is -4.30. The third-order valence-electron chi connectivity index (χ3n) is 4.97. The van der Waals surface area contributed by atoms with Crippen LogP contribution in [0, 0.1) is 23.2 Å². The van der Waals surface area contributed by atoms with Crippen LogP contribution >= 0.6 is 0 Å². The first-order chi connectivity index (χ1) is 15.2. The summed E-state index contributed by atoms with van der Waals surface area (Å²) in [7, 11) is 0. The SMILES string of the molecule is C=CC(=O)N1CCC(Nc2ncnc3[nH]c(C#CCOc4ccccc4C#N)cc23)C1. The van der Waals surface area contributed by atoms with E-state index in [2.05, 4.69) is 44.8 Å². The Bertz CT molecular complexity index is 1230. The van der Waals surface area contributed by atoms with Gasteiger partial charge in [0, 0.05) is 19.1 Å². The zero-order valence-electron chi connectivity index (χ0n) is 16.8. The Morgan fingerprint density at radius 3 is 3.13 bits per heavy atom. The highest BCUT2D eigenvalue weighted by atomic mass is 16.5. The number of likely N-dealkylation sites (tertiary alicyclic amines) is 1. The lowest BCUT2D eigenvalue weighted by atomic mass is 10.2. The summed E-state index contributed by atoms with van der Waals surface area (Å²) in [4.78, 5) is 25.4. The maximum Gasteiger partial charge on any atom is 0.246 e. The van der Waals surface area contributed by atoms with Crippen LogP contribution in [0.4, 0.5) is 5.82 Å². The predicted molar refractivity (Wildman–Crippen MR) is 116 cm³/mol. The van der Waals surface area contributed by atoms with Gasteiger partial charge in [-0.2, -0.15) is 5.26 Å². The van der Waals surface area contributed by atoms with Crippen LogP contribution in [-0.4, -0.2) is 51.5 Å². The van der Waals surface area contributed by atoms with Crippen molar-refractivity contribution in [2.24, 2.45) is 0 Å². The van der Waals surface area contributed by atoms with E-state index < -0.39 is 0 Å². The molecule has 31 heavy (non-hydrogen) atoms. The molecular weight excluding hydrogens is 392 g/mol. The van der Waals surface area contributed by atoms with E-state index in [9.17, 15) is 4.79 Å². The van der Waals surface area contributed by atoms with E-state index in [4.69, 9.17) is 10.00 Å². The molecule has 0 bridgehead atoms. The van der Waals surface area contributed by atoms with Gasteiger partial charge in [-0.05, 0) is 36.6 Å². The molecule has 1 aliphatic heterocycles. The van der Waals surface area contributed by atoms with Crippen LogP contribution in [-0.2, 0) is 4.79 Å². The quantitative estimate of drug-likeness (QED) is 0.492. The van der Waals surface area contributed by atoms with Crippen LogP contribution in [0.15, 0.2) is 49.3 Å². The number of anilines is 1. The molecule has 2 aromatic heterocycles. The Labute approximate surface area is 179 Å². The highest BCUT2D eigenvalue weighted by molar-refractivity contribution is 5.89. The van der Waals surface area contributed by atoms with Crippen LogP contribution in [0.5, 0.6) is 5.75 Å². The Kier molecular flexibility index (Phi) is 5.82. The molecule has 2 N–H and O–H groups in total. The number of hydrogen-bond donors (Lipinski definition) is 2. The molecule has 0 radical (unpaired) electrons. The number of carbonyl (C=O) groups excluding carboxylic acids is 1. The molecular formula is C23H20N6O2. The van der Waals surface area contributed by atoms with Crippen molar-refractivity contribution in [2.75, 3.05) is 25.0 Å². The first-order valence-electron chi connectivity index (χ1n) is 9.80. The summed E-state index contributed by atoms with van der Waals surface area (Å²) in [6.07, 6.45) is 3.66. The zero-order valence-corrected chi connectivity index (χ0v) is 16.8. The number of benzene rings is 1. The lowest BCUT2D eigenvalue weighted by molar-refractivity contribution is -0.125. The largest absolute Gasteiger partial charge is 0.480 e. The first kappa shape index (κ1) is 20.0. The van der Waals surface area contributed by atoms with Gasteiger partial charge in [-0.15, -0.1) is 0 Å². The van der Waals surface area contributed by atoms with Crippen molar-refractivity contribution in [3.05, 3.63) is 60.6 Å². The van der Waals surface area contributed by atoms with Gasteiger partial charge < -0.3 is 19.9 Å². The summed E-state index contributed by atoms with van der Waals surface area (Å²) in [5.74, 6) is 7.11. The molecule has 1 fully saturated rings. The van der Waals surface area contributed by atoms with E-state index in [1.807, 2.05) is 12.1 Å². The Balaban J connectivity index is 1.44. The summed E-state index contributed by atoms with van der Waals surface area (Å²) in [6, 6.07) is 11.1. The van der Waals surface area contributed by atoms with Gasteiger partial charge in [0.2, 0.25) is 5.91 Å². The van der Waals surface area contributed by atoms with Gasteiger partial charge in [-0.25, -0.2) is 9.97 Å². The minimum Gasteiger partial charge on any atom is -0.480 e. The number of hydrogen-bond acceptors (Lipinski definition) is 6. The fourth-order valence-electron chi connectivity index (χ4n) is 3.45. The summed E-state index contributed by atoms with van der Waals surface area (Å²) < 4.78 is 5.59. The van der Waals surface area contributed by atoms with Gasteiger partial charge in [0.1, 0.15) is 36.2 Å². The van der Waals surface area contributed by atoms with Crippen LogP contribution in [0.25, 0.3) is 11.0 Å². The molecule has 0 aliphatic carbocycles. The van der Waals surface area contributed by atoms with Crippen LogP contribution in [0.2, 0.25) is 0 Å². The fraction of sp³-hybridized carbons (Fsp3) is 0.217. The Morgan fingerprint density at radius 2 is 2.29 bits per heavy atom. The number of aromatic nitrogens is 3. The molecule has 1 saturated heterocycles. The van der Waals surface area contributed by atoms with E-state index in [1.54, 1.807) is 23.1 Å². The van der Waals surface area contributed by atoms with Crippen LogP contribution in [0.1, 0.15) is 17.7 Å². The van der Waals surface area contributed by atoms with Crippen LogP contribution < -0.4 is 10.1 Å². The lowest BCUT2D eigenvalue weighted by Gasteiger charge is -2.15. The highest BCUT2D eigenvalue weighted by Crippen LogP contribution is 2.23. The standard InChI is InChI=1S/C23H20N6O2/c1-2-21(30)29-10-9-18(14-29)28-23-19-12-17(27-22(19)25-15-26-23)7-5-11-31-20-8-4-3-6-16(20)13-24/h2-4,6,8,12,15,18H,1,9-11,14H2,(H2,25,26,27,28). The number of aromatic amines is 1. The summed E-state index contributed by atoms with van der Waals surface area (Å²) in [5, 5.41) is 13.3. The number of rotatable bonds is 5. The maximum absolute atomic E-state index is 11.8. The van der Waals surface area contributed by atoms with Gasteiger partial charge in [0.05, 0.1) is 16.6 Å². The average Bonchev–Trinajstić information content (AvgIpc) is 3.44. The van der Waals surface area contributed by atoms with Gasteiger partial charge >= 0.3 is 0 Å². The van der Waals surface area contributed by atoms with Gasteiger partial charge in [-0.1, -0.05) is 24.6 Å². The minimum atomic E-state index is -0.0593. The van der Waals surface area contributed by atoms with Crippen molar-refractivity contribution in [3.8, 4) is 23.7 Å². The molecule has 0 saturated carbocycles. The molecule has 1 atom stereocenters. The monoisotopic (exact) mass is 412 g/mol. The van der Waals surface area contributed by atoms with Crippen molar-refractivity contribution in [3.63, 3.8) is 0 Å². The molecule has 3 aromatic rings. The summed E-state index contributed by atoms with van der Waals surface area (Å²) in [5.41, 5.74) is 1.83. The predicted octanol–water partition coefficient (Wildman–Crippen LogP) is 2.46. The third kappa shape index (κ3) is 4.49. The van der Waals surface area contributed by atoms with Crippen molar-refractivity contribution in [1.82, 2.24) is 19.9 Å². The van der Waals surface area contributed by atoms with Crippen molar-refractivity contribution >= 4 is 22.8 Å². The van der Waals surface area contributed by atoms with Gasteiger partial charge in [0.25, 0.3) is 0 Å². The molecule has 8 nitrogen and oxygen atoms in total. The van der Waals surface area contributed by atoms with E-state index in [0.29, 0.717) is 41.6 Å². The summed E-state index contributed by atoms with van der Waals surface area (Å²) in [6.45, 7) is 4.99. The molecule has 4 rings (SSSR count). The van der Waals surface area contributed by atoms with Crippen molar-refractivity contribution in [2.45, 2.75) is 12.5 Å². The molecule has 0 spiro atoms. The third-order valence-corrected chi connectivity index (χ3v) is 4.97. The van der Waals surface area contributed by atoms with E-state index >= 15 is 0 Å². The highest BCUT2D eigenvalue weighted by Gasteiger charge is 2.25. The molecule has 3 heterocycles. The second-order valence-corrected chi connectivity index (χ2v) is 6.98. The Morgan fingerprint density at radius 1 is 1.42 bits per heavy atom. The number of fused-ring (bicyclic) bond motifs is 1. The smallest absolute Gasteiger partial charge is 0.246 e. The molecule has 154 valence electrons. The second-order valence-electron chi connectivity index (χ2n) is 6.98. The number of amides is 1. The number of ether oxygens (including phenoxy) is 1. The number of para-hydroxylation sites is 1. The number of carbonyl (C=O) groups is 1. The molecule has 1 aromatic carbocycles. The minimum absolute atomic E-state index is 0.0593. The fourth-order valence-corrected chi connectivity index (χ4v) is 3.45. The number of nitrogens with one attached hydrogen (secondary N) is 2. The van der Waals surface area contributed by atoms with Crippen molar-refractivity contribution < 1.29 is 9.53 Å². The number of nitriles is 1. The molecule has 1 unspecified atom stereocenters. The number of nitrogens with zero attached hydrogens (tertiary/aromatic N) is 4. The zero-order chi connectivity index (χ0) is 21.6. The average molecular weight is 412 g/mol. The molecule has 8 heteroatoms.